The van der Waals surface area contributed by atoms with Crippen molar-refractivity contribution in [1.82, 2.24) is 4.98 Å². The number of aromatic nitrogens is 1. The lowest BCUT2D eigenvalue weighted by Crippen LogP contribution is -1.94. The third kappa shape index (κ3) is 2.53. The first kappa shape index (κ1) is 11.0. The van der Waals surface area contributed by atoms with Crippen LogP contribution < -0.4 is 0 Å². The van der Waals surface area contributed by atoms with Crippen molar-refractivity contribution < 1.29 is 8.42 Å². The maximum Gasteiger partial charge on any atom is 0.291 e. The molecule has 0 fully saturated rings. The van der Waals surface area contributed by atoms with Crippen LogP contribution in [0.3, 0.4) is 0 Å². The fraction of sp³-hybridized carbons (Fsp3) is 0. The average Bonchev–Trinajstić information content (AvgIpc) is 2.82. The van der Waals surface area contributed by atoms with Gasteiger partial charge in [0.15, 0.2) is 0 Å². The van der Waals surface area contributed by atoms with E-state index in [-0.39, 0.29) is 4.21 Å². The average molecular weight is 252 g/mol. The van der Waals surface area contributed by atoms with Crippen LogP contribution in [0.15, 0.2) is 50.6 Å². The summed E-state index contributed by atoms with van der Waals surface area (Å²) in [6, 6.07) is 6.66. The first-order valence-corrected chi connectivity index (χ1v) is 6.74. The summed E-state index contributed by atoms with van der Waals surface area (Å²) >= 11 is 1.15. The molecule has 0 bridgehead atoms. The number of hydrogen-bond donors (Lipinski definition) is 0. The monoisotopic (exact) mass is 252 g/mol. The van der Waals surface area contributed by atoms with Crippen molar-refractivity contribution in [2.45, 2.75) is 4.21 Å². The lowest BCUT2D eigenvalue weighted by atomic mass is 10.3. The molecule has 2 rings (SSSR count). The van der Waals surface area contributed by atoms with Crippen molar-refractivity contribution in [2.75, 3.05) is 0 Å². The Hall–Kier alpha value is -1.53. The zero-order valence-corrected chi connectivity index (χ0v) is 9.78. The van der Waals surface area contributed by atoms with Gasteiger partial charge in [-0.15, -0.1) is 11.3 Å². The number of hydrogen-bond acceptors (Lipinski definition) is 4. The van der Waals surface area contributed by atoms with Gasteiger partial charge in [0.05, 0.1) is 0 Å². The van der Waals surface area contributed by atoms with Crippen LogP contribution in [0.25, 0.3) is 0 Å². The SMILES string of the molecule is O=S(=O)(N=Cc1cccnc1)c1cccs1. The van der Waals surface area contributed by atoms with E-state index in [4.69, 9.17) is 0 Å². The summed E-state index contributed by atoms with van der Waals surface area (Å²) in [4.78, 5) is 3.86. The smallest absolute Gasteiger partial charge is 0.264 e. The minimum atomic E-state index is -3.55. The van der Waals surface area contributed by atoms with Crippen molar-refractivity contribution in [3.05, 3.63) is 47.6 Å². The molecule has 0 radical (unpaired) electrons. The summed E-state index contributed by atoms with van der Waals surface area (Å²) in [5, 5.41) is 1.70. The molecule has 0 amide bonds. The van der Waals surface area contributed by atoms with Crippen molar-refractivity contribution in [3.8, 4) is 0 Å². The normalized spacial score (nSPS) is 12.0. The molecular weight excluding hydrogens is 244 g/mol. The standard InChI is InChI=1S/C10H8N2O2S2/c13-16(14,10-4-2-6-15-10)12-8-9-3-1-5-11-7-9/h1-8H. The van der Waals surface area contributed by atoms with Gasteiger partial charge < -0.3 is 0 Å². The van der Waals surface area contributed by atoms with Gasteiger partial charge in [0.1, 0.15) is 4.21 Å². The first-order chi connectivity index (χ1) is 7.68. The molecule has 0 atom stereocenters. The molecule has 0 saturated heterocycles. The summed E-state index contributed by atoms with van der Waals surface area (Å²) in [5.41, 5.74) is 0.655. The summed E-state index contributed by atoms with van der Waals surface area (Å²) in [6.45, 7) is 0. The number of nitrogens with zero attached hydrogens (tertiary/aromatic N) is 2. The van der Waals surface area contributed by atoms with Crippen LogP contribution in [0.4, 0.5) is 0 Å². The van der Waals surface area contributed by atoms with Gasteiger partial charge in [-0.25, -0.2) is 0 Å². The molecule has 0 unspecified atom stereocenters. The zero-order valence-electron chi connectivity index (χ0n) is 8.15. The van der Waals surface area contributed by atoms with Crippen LogP contribution in [0, 0.1) is 0 Å². The second-order valence-electron chi connectivity index (χ2n) is 2.93. The van der Waals surface area contributed by atoms with Gasteiger partial charge in [0.2, 0.25) is 0 Å². The largest absolute Gasteiger partial charge is 0.291 e. The fourth-order valence-corrected chi connectivity index (χ4v) is 2.89. The van der Waals surface area contributed by atoms with Gasteiger partial charge >= 0.3 is 0 Å². The Morgan fingerprint density at radius 2 is 2.19 bits per heavy atom. The molecule has 16 heavy (non-hydrogen) atoms. The van der Waals surface area contributed by atoms with E-state index in [2.05, 4.69) is 9.38 Å². The van der Waals surface area contributed by atoms with Crippen molar-refractivity contribution in [3.63, 3.8) is 0 Å². The van der Waals surface area contributed by atoms with Gasteiger partial charge in [-0.3, -0.25) is 4.98 Å². The quantitative estimate of drug-likeness (QED) is 0.784. The predicted molar refractivity (Wildman–Crippen MR) is 63.3 cm³/mol. The molecule has 0 saturated carbocycles. The highest BCUT2D eigenvalue weighted by molar-refractivity contribution is 7.92. The van der Waals surface area contributed by atoms with Gasteiger partial charge in [-0.05, 0) is 17.5 Å². The van der Waals surface area contributed by atoms with E-state index in [1.54, 1.807) is 36.0 Å². The zero-order chi connectivity index (χ0) is 11.4. The molecule has 2 aromatic rings. The lowest BCUT2D eigenvalue weighted by molar-refractivity contribution is 0.600. The third-order valence-corrected chi connectivity index (χ3v) is 4.38. The van der Waals surface area contributed by atoms with E-state index >= 15 is 0 Å². The van der Waals surface area contributed by atoms with Crippen molar-refractivity contribution in [2.24, 2.45) is 4.40 Å². The third-order valence-electron chi connectivity index (χ3n) is 1.77. The highest BCUT2D eigenvalue weighted by Crippen LogP contribution is 2.17. The summed E-state index contributed by atoms with van der Waals surface area (Å²) < 4.78 is 27.1. The highest BCUT2D eigenvalue weighted by atomic mass is 32.2. The number of pyridine rings is 1. The summed E-state index contributed by atoms with van der Waals surface area (Å²) in [6.07, 6.45) is 4.46. The Labute approximate surface area is 97.4 Å². The van der Waals surface area contributed by atoms with E-state index in [0.717, 1.165) is 11.3 Å². The fourth-order valence-electron chi connectivity index (χ4n) is 1.04. The van der Waals surface area contributed by atoms with Gasteiger partial charge in [-0.1, -0.05) is 12.1 Å². The van der Waals surface area contributed by atoms with Crippen molar-refractivity contribution >= 4 is 27.6 Å². The Bertz CT molecular complexity index is 575. The van der Waals surface area contributed by atoms with Crippen LogP contribution in [0.5, 0.6) is 0 Å². The molecule has 6 heteroatoms. The van der Waals surface area contributed by atoms with E-state index < -0.39 is 10.0 Å². The maximum absolute atomic E-state index is 11.7. The molecule has 0 aliphatic carbocycles. The Balaban J connectivity index is 2.26. The Morgan fingerprint density at radius 3 is 2.81 bits per heavy atom. The second-order valence-corrected chi connectivity index (χ2v) is 5.73. The van der Waals surface area contributed by atoms with Gasteiger partial charge in [-0.2, -0.15) is 12.8 Å². The second kappa shape index (κ2) is 4.54. The molecule has 0 aliphatic rings. The van der Waals surface area contributed by atoms with Crippen LogP contribution in [-0.2, 0) is 10.0 Å². The van der Waals surface area contributed by atoms with E-state index in [9.17, 15) is 8.42 Å². The predicted octanol–water partition coefficient (Wildman–Crippen LogP) is 1.95. The molecule has 4 nitrogen and oxygen atoms in total. The molecule has 2 heterocycles. The Kier molecular flexibility index (Phi) is 3.12. The van der Waals surface area contributed by atoms with Crippen LogP contribution in [-0.4, -0.2) is 19.6 Å². The van der Waals surface area contributed by atoms with Crippen LogP contribution in [0.2, 0.25) is 0 Å². The molecule has 0 aliphatic heterocycles. The number of sulfonamides is 1. The molecule has 0 spiro atoms. The van der Waals surface area contributed by atoms with E-state index in [0.29, 0.717) is 5.56 Å². The molecule has 0 aromatic carbocycles. The van der Waals surface area contributed by atoms with Gasteiger partial charge in [0, 0.05) is 24.2 Å². The maximum atomic E-state index is 11.7. The number of rotatable bonds is 3. The van der Waals surface area contributed by atoms with Crippen LogP contribution in [0.1, 0.15) is 5.56 Å². The van der Waals surface area contributed by atoms with E-state index in [1.165, 1.54) is 12.3 Å². The molecule has 82 valence electrons. The van der Waals surface area contributed by atoms with Crippen LogP contribution >= 0.6 is 11.3 Å². The summed E-state index contributed by atoms with van der Waals surface area (Å²) in [7, 11) is -3.55. The number of thiophene rings is 1. The topological polar surface area (TPSA) is 59.4 Å². The molecular formula is C10H8N2O2S2. The van der Waals surface area contributed by atoms with E-state index in [1.807, 2.05) is 0 Å². The van der Waals surface area contributed by atoms with Crippen molar-refractivity contribution in [1.29, 1.82) is 0 Å². The Morgan fingerprint density at radius 1 is 1.31 bits per heavy atom. The molecule has 0 N–H and O–H groups in total. The minimum Gasteiger partial charge on any atom is -0.264 e. The van der Waals surface area contributed by atoms with Gasteiger partial charge in [0.25, 0.3) is 10.0 Å². The highest BCUT2D eigenvalue weighted by Gasteiger charge is 2.11. The first-order valence-electron chi connectivity index (χ1n) is 4.42. The lowest BCUT2D eigenvalue weighted by Gasteiger charge is -1.93. The summed E-state index contributed by atoms with van der Waals surface area (Å²) in [5.74, 6) is 0. The minimum absolute atomic E-state index is 0.243. The molecule has 2 aromatic heterocycles.